The highest BCUT2D eigenvalue weighted by molar-refractivity contribution is 6.03. The fraction of sp³-hybridized carbons (Fsp3) is 0.500. The third kappa shape index (κ3) is 6.37. The van der Waals surface area contributed by atoms with Gasteiger partial charge in [-0.2, -0.15) is 0 Å². The van der Waals surface area contributed by atoms with Crippen LogP contribution in [0.2, 0.25) is 0 Å². The van der Waals surface area contributed by atoms with Crippen LogP contribution in [-0.2, 0) is 9.47 Å². The van der Waals surface area contributed by atoms with E-state index in [2.05, 4.69) is 41.3 Å². The Morgan fingerprint density at radius 2 is 1.74 bits per heavy atom. The van der Waals surface area contributed by atoms with Gasteiger partial charge in [0.05, 0.1) is 24.8 Å². The maximum atomic E-state index is 13.0. The molecule has 14 nitrogen and oxygen atoms in total. The lowest BCUT2D eigenvalue weighted by Gasteiger charge is -2.29. The number of ether oxygens (including phenoxy) is 2. The van der Waals surface area contributed by atoms with E-state index in [1.807, 2.05) is 6.07 Å². The minimum atomic E-state index is -0.485. The fourth-order valence-corrected chi connectivity index (χ4v) is 4.38. The molecule has 2 aliphatic rings. The van der Waals surface area contributed by atoms with Crippen molar-refractivity contribution in [2.24, 2.45) is 0 Å². The van der Waals surface area contributed by atoms with E-state index >= 15 is 0 Å². The van der Waals surface area contributed by atoms with Crippen LogP contribution in [0, 0.1) is 0 Å². The van der Waals surface area contributed by atoms with Crippen molar-refractivity contribution in [3.8, 4) is 0 Å². The molecule has 0 aromatic carbocycles. The van der Waals surface area contributed by atoms with Crippen molar-refractivity contribution in [1.29, 1.82) is 0 Å². The van der Waals surface area contributed by atoms with Crippen LogP contribution in [0.5, 0.6) is 0 Å². The van der Waals surface area contributed by atoms with Crippen molar-refractivity contribution >= 4 is 35.0 Å². The minimum absolute atomic E-state index is 0.0495. The predicted octanol–water partition coefficient (Wildman–Crippen LogP) is 1.73. The molecule has 0 bridgehead atoms. The number of nitrogens with one attached hydrogen (secondary N) is 5. The number of carbonyl (C=O) groups is 2. The third-order valence-electron chi connectivity index (χ3n) is 6.48. The summed E-state index contributed by atoms with van der Waals surface area (Å²) in [4.78, 5) is 47.3. The van der Waals surface area contributed by atoms with Crippen LogP contribution in [0.1, 0.15) is 49.0 Å². The zero-order chi connectivity index (χ0) is 26.5. The summed E-state index contributed by atoms with van der Waals surface area (Å²) >= 11 is 0. The molecule has 0 atom stereocenters. The molecule has 5 rings (SSSR count). The molecule has 0 unspecified atom stereocenters. The third-order valence-corrected chi connectivity index (χ3v) is 6.48. The van der Waals surface area contributed by atoms with Crippen molar-refractivity contribution in [3.63, 3.8) is 0 Å². The maximum Gasteiger partial charge on any atom is 0.407 e. The van der Waals surface area contributed by atoms with Crippen molar-refractivity contribution in [1.82, 2.24) is 29.9 Å². The summed E-state index contributed by atoms with van der Waals surface area (Å²) in [5.74, 6) is 0.256. The number of amides is 2. The van der Waals surface area contributed by atoms with Crippen molar-refractivity contribution in [2.75, 3.05) is 36.3 Å². The van der Waals surface area contributed by atoms with E-state index < -0.39 is 12.0 Å². The van der Waals surface area contributed by atoms with Gasteiger partial charge in [0.2, 0.25) is 0 Å². The molecule has 3 aromatic heterocycles. The summed E-state index contributed by atoms with van der Waals surface area (Å²) in [5.41, 5.74) is 1.16. The van der Waals surface area contributed by atoms with Crippen molar-refractivity contribution < 1.29 is 19.1 Å². The second-order valence-corrected chi connectivity index (χ2v) is 9.46. The number of rotatable bonds is 10. The van der Waals surface area contributed by atoms with Gasteiger partial charge in [-0.3, -0.25) is 9.59 Å². The van der Waals surface area contributed by atoms with E-state index in [-0.39, 0.29) is 35.8 Å². The first-order valence-corrected chi connectivity index (χ1v) is 12.7. The highest BCUT2D eigenvalue weighted by Crippen LogP contribution is 2.30. The lowest BCUT2D eigenvalue weighted by Crippen LogP contribution is -2.40. The first-order valence-electron chi connectivity index (χ1n) is 12.7. The molecule has 5 N–H and O–H groups in total. The number of fused-ring (bicyclic) bond motifs is 1. The quantitative estimate of drug-likeness (QED) is 0.245. The number of alkyl carbamates (subject to hydrolysis) is 1. The van der Waals surface area contributed by atoms with Crippen LogP contribution >= 0.6 is 0 Å². The smallest absolute Gasteiger partial charge is 0.407 e. The largest absolute Gasteiger partial charge is 0.447 e. The molecule has 202 valence electrons. The molecule has 0 spiro atoms. The molecule has 2 fully saturated rings. The molecule has 0 radical (unpaired) electrons. The van der Waals surface area contributed by atoms with Crippen LogP contribution in [0.15, 0.2) is 29.5 Å². The monoisotopic (exact) mass is 525 g/mol. The molecule has 38 heavy (non-hydrogen) atoms. The van der Waals surface area contributed by atoms with Crippen molar-refractivity contribution in [2.45, 2.75) is 56.7 Å². The standard InChI is InChI=1S/C24H31N9O5/c1-37-8-9-38-24(36)30-16-6-4-15(5-7-16)29-20-10-17(28-14-2-3-14)22-25-12-18(33(22)32-20)23(35)31-19-11-21(34)27-13-26-19/h10-16,28H,2-9H2,1H3,(H,29,32)(H,30,36)(H2,26,27,31,34,35). The van der Waals surface area contributed by atoms with Crippen LogP contribution in [-0.4, -0.2) is 75.0 Å². The number of hydrogen-bond donors (Lipinski definition) is 5. The van der Waals surface area contributed by atoms with E-state index in [4.69, 9.17) is 9.47 Å². The summed E-state index contributed by atoms with van der Waals surface area (Å²) < 4.78 is 11.5. The zero-order valence-electron chi connectivity index (χ0n) is 21.0. The number of aromatic nitrogens is 5. The van der Waals surface area contributed by atoms with Gasteiger partial charge >= 0.3 is 6.09 Å². The lowest BCUT2D eigenvalue weighted by molar-refractivity contribution is 0.0950. The number of imidazole rings is 1. The minimum Gasteiger partial charge on any atom is -0.447 e. The van der Waals surface area contributed by atoms with Crippen LogP contribution in [0.25, 0.3) is 5.65 Å². The van der Waals surface area contributed by atoms with E-state index in [0.29, 0.717) is 24.1 Å². The number of methoxy groups -OCH3 is 1. The van der Waals surface area contributed by atoms with Gasteiger partial charge in [-0.1, -0.05) is 0 Å². The molecular formula is C24H31N9O5. The average Bonchev–Trinajstić information content (AvgIpc) is 3.60. The summed E-state index contributed by atoms with van der Waals surface area (Å²) in [6.45, 7) is 0.585. The Hall–Kier alpha value is -4.20. The van der Waals surface area contributed by atoms with Gasteiger partial charge in [0, 0.05) is 37.4 Å². The number of hydrogen-bond acceptors (Lipinski definition) is 10. The summed E-state index contributed by atoms with van der Waals surface area (Å²) in [5, 5.41) is 17.2. The second-order valence-electron chi connectivity index (χ2n) is 9.46. The SMILES string of the molecule is COCCOC(=O)NC1CCC(Nc2cc(NC3CC3)c3ncc(C(=O)Nc4cc(=O)[nH]cn4)n3n2)CC1. The highest BCUT2D eigenvalue weighted by atomic mass is 16.6. The van der Waals surface area contributed by atoms with E-state index in [0.717, 1.165) is 44.2 Å². The molecule has 0 aliphatic heterocycles. The molecule has 3 aromatic rings. The molecule has 2 saturated carbocycles. The zero-order valence-corrected chi connectivity index (χ0v) is 21.0. The first-order chi connectivity index (χ1) is 18.5. The number of aromatic amines is 1. The summed E-state index contributed by atoms with van der Waals surface area (Å²) in [6, 6.07) is 3.68. The molecule has 2 amide bonds. The van der Waals surface area contributed by atoms with Crippen molar-refractivity contribution in [3.05, 3.63) is 40.7 Å². The summed E-state index contributed by atoms with van der Waals surface area (Å²) in [7, 11) is 1.56. The average molecular weight is 526 g/mol. The normalized spacial score (nSPS) is 19.1. The predicted molar refractivity (Wildman–Crippen MR) is 138 cm³/mol. The van der Waals surface area contributed by atoms with Gasteiger partial charge in [-0.15, -0.1) is 5.10 Å². The number of carbonyl (C=O) groups excluding carboxylic acids is 2. The van der Waals surface area contributed by atoms with Gasteiger partial charge in [-0.25, -0.2) is 19.3 Å². The van der Waals surface area contributed by atoms with E-state index in [9.17, 15) is 14.4 Å². The topological polar surface area (TPSA) is 177 Å². The van der Waals surface area contributed by atoms with Crippen LogP contribution < -0.4 is 26.8 Å². The summed E-state index contributed by atoms with van der Waals surface area (Å²) in [6.07, 6.45) is 7.66. The van der Waals surface area contributed by atoms with Gasteiger partial charge in [-0.05, 0) is 38.5 Å². The molecule has 0 saturated heterocycles. The first kappa shape index (κ1) is 25.4. The van der Waals surface area contributed by atoms with E-state index in [1.165, 1.54) is 23.1 Å². The van der Waals surface area contributed by atoms with Crippen LogP contribution in [0.3, 0.4) is 0 Å². The molecule has 2 aliphatic carbocycles. The fourth-order valence-electron chi connectivity index (χ4n) is 4.38. The van der Waals surface area contributed by atoms with Gasteiger partial charge in [0.1, 0.15) is 18.2 Å². The highest BCUT2D eigenvalue weighted by Gasteiger charge is 2.26. The van der Waals surface area contributed by atoms with E-state index in [1.54, 1.807) is 7.11 Å². The lowest BCUT2D eigenvalue weighted by atomic mass is 9.91. The Labute approximate surface area is 217 Å². The number of nitrogens with zero attached hydrogens (tertiary/aromatic N) is 4. The second kappa shape index (κ2) is 11.5. The molecular weight excluding hydrogens is 494 g/mol. The Morgan fingerprint density at radius 3 is 2.47 bits per heavy atom. The molecule has 14 heteroatoms. The Kier molecular flexibility index (Phi) is 7.67. The van der Waals surface area contributed by atoms with Crippen LogP contribution in [0.4, 0.5) is 22.1 Å². The maximum absolute atomic E-state index is 13.0. The molecule has 3 heterocycles. The Bertz CT molecular complexity index is 1340. The Balaban J connectivity index is 1.27. The number of anilines is 3. The van der Waals surface area contributed by atoms with Gasteiger partial charge in [0.25, 0.3) is 11.5 Å². The van der Waals surface area contributed by atoms with Gasteiger partial charge in [0.15, 0.2) is 11.3 Å². The Morgan fingerprint density at radius 1 is 1.00 bits per heavy atom. The van der Waals surface area contributed by atoms with Gasteiger partial charge < -0.3 is 35.7 Å². The number of H-pyrrole nitrogens is 1.